The van der Waals surface area contributed by atoms with Gasteiger partial charge in [-0.05, 0) is 50.3 Å². The first-order valence-corrected chi connectivity index (χ1v) is 8.02. The molecule has 21 heavy (non-hydrogen) atoms. The van der Waals surface area contributed by atoms with Gasteiger partial charge in [-0.2, -0.15) is 0 Å². The van der Waals surface area contributed by atoms with Gasteiger partial charge in [0.25, 0.3) is 5.91 Å². The number of carbonyl (C=O) groups is 2. The lowest BCUT2D eigenvalue weighted by molar-refractivity contribution is 0.0612. The molecule has 0 atom stereocenters. The van der Waals surface area contributed by atoms with E-state index in [0.29, 0.717) is 15.2 Å². The van der Waals surface area contributed by atoms with Crippen LogP contribution >= 0.6 is 23.7 Å². The molecule has 0 bridgehead atoms. The molecule has 0 aromatic carbocycles. The van der Waals surface area contributed by atoms with Gasteiger partial charge in [0.05, 0.1) is 9.75 Å². The summed E-state index contributed by atoms with van der Waals surface area (Å²) in [6.07, 6.45) is 3.43. The van der Waals surface area contributed by atoms with E-state index in [2.05, 4.69) is 5.32 Å². The smallest absolute Gasteiger partial charge is 0.263 e. The molecule has 0 radical (unpaired) electrons. The molecule has 2 aliphatic heterocycles. The van der Waals surface area contributed by atoms with Crippen LogP contribution in [-0.4, -0.2) is 42.8 Å². The summed E-state index contributed by atoms with van der Waals surface area (Å²) >= 11 is 1.31. The second kappa shape index (κ2) is 6.46. The number of hydrogen-bond donors (Lipinski definition) is 1. The van der Waals surface area contributed by atoms with Crippen molar-refractivity contribution in [2.75, 3.05) is 26.2 Å². The minimum absolute atomic E-state index is 0. The zero-order chi connectivity index (χ0) is 14.2. The maximum Gasteiger partial charge on any atom is 0.263 e. The Balaban J connectivity index is 0.00000161. The average Bonchev–Trinajstić information content (AvgIpc) is 3.08. The molecule has 0 unspecified atom stereocenters. The van der Waals surface area contributed by atoms with Gasteiger partial charge < -0.3 is 10.2 Å². The van der Waals surface area contributed by atoms with E-state index in [1.54, 1.807) is 12.1 Å². The van der Waals surface area contributed by atoms with Crippen LogP contribution in [0.2, 0.25) is 0 Å². The summed E-state index contributed by atoms with van der Waals surface area (Å²) in [5.41, 5.74) is 0.427. The predicted molar refractivity (Wildman–Crippen MR) is 86.6 cm³/mol. The van der Waals surface area contributed by atoms with Gasteiger partial charge in [0.15, 0.2) is 5.78 Å². The highest BCUT2D eigenvalue weighted by molar-refractivity contribution is 7.15. The molecular formula is C15H21ClN2O2S. The molecule has 1 N–H and O–H groups in total. The van der Waals surface area contributed by atoms with Gasteiger partial charge in [-0.25, -0.2) is 0 Å². The number of amides is 1. The van der Waals surface area contributed by atoms with E-state index in [1.807, 2.05) is 4.90 Å². The molecule has 1 amide bonds. The second-order valence-corrected chi connectivity index (χ2v) is 7.02. The van der Waals surface area contributed by atoms with Crippen LogP contribution in [0, 0.1) is 5.41 Å². The van der Waals surface area contributed by atoms with Gasteiger partial charge in [0.2, 0.25) is 0 Å². The molecule has 2 fully saturated rings. The number of nitrogens with zero attached hydrogens (tertiary/aromatic N) is 1. The van der Waals surface area contributed by atoms with E-state index in [4.69, 9.17) is 0 Å². The molecule has 0 saturated carbocycles. The van der Waals surface area contributed by atoms with E-state index < -0.39 is 0 Å². The highest BCUT2D eigenvalue weighted by atomic mass is 35.5. The summed E-state index contributed by atoms with van der Waals surface area (Å²) < 4.78 is 0. The molecule has 1 spiro atoms. The average molecular weight is 329 g/mol. The number of nitrogens with one attached hydrogen (secondary N) is 1. The Hall–Kier alpha value is -0.910. The summed E-state index contributed by atoms with van der Waals surface area (Å²) in [6, 6.07) is 3.54. The lowest BCUT2D eigenvalue weighted by atomic mass is 9.78. The Morgan fingerprint density at radius 1 is 1.19 bits per heavy atom. The number of likely N-dealkylation sites (tertiary alicyclic amines) is 1. The number of piperidine rings is 1. The van der Waals surface area contributed by atoms with Crippen molar-refractivity contribution < 1.29 is 9.59 Å². The first-order valence-electron chi connectivity index (χ1n) is 7.20. The van der Waals surface area contributed by atoms with Gasteiger partial charge in [-0.15, -0.1) is 23.7 Å². The summed E-state index contributed by atoms with van der Waals surface area (Å²) in [6.45, 7) is 5.43. The van der Waals surface area contributed by atoms with Gasteiger partial charge in [0.1, 0.15) is 0 Å². The topological polar surface area (TPSA) is 49.4 Å². The predicted octanol–water partition coefficient (Wildman–Crippen LogP) is 2.59. The van der Waals surface area contributed by atoms with Crippen molar-refractivity contribution >= 4 is 35.4 Å². The Bertz CT molecular complexity index is 528. The first-order chi connectivity index (χ1) is 9.60. The molecule has 1 aromatic heterocycles. The van der Waals surface area contributed by atoms with Crippen LogP contribution in [0.3, 0.4) is 0 Å². The third-order valence-electron chi connectivity index (χ3n) is 4.61. The Morgan fingerprint density at radius 2 is 1.86 bits per heavy atom. The molecule has 6 heteroatoms. The summed E-state index contributed by atoms with van der Waals surface area (Å²) in [4.78, 5) is 27.1. The molecule has 1 aromatic rings. The molecule has 2 aliphatic rings. The van der Waals surface area contributed by atoms with Crippen LogP contribution in [0.1, 0.15) is 45.5 Å². The van der Waals surface area contributed by atoms with Crippen LogP contribution in [0.15, 0.2) is 12.1 Å². The van der Waals surface area contributed by atoms with Gasteiger partial charge >= 0.3 is 0 Å². The van der Waals surface area contributed by atoms with Crippen molar-refractivity contribution in [3.63, 3.8) is 0 Å². The molecule has 116 valence electrons. The Morgan fingerprint density at radius 3 is 2.38 bits per heavy atom. The monoisotopic (exact) mass is 328 g/mol. The van der Waals surface area contributed by atoms with Crippen LogP contribution in [0.4, 0.5) is 0 Å². The number of Topliss-reactive ketones (excluding diaryl/α,β-unsaturated/α-hetero) is 1. The van der Waals surface area contributed by atoms with Crippen LogP contribution in [-0.2, 0) is 0 Å². The quantitative estimate of drug-likeness (QED) is 0.849. The van der Waals surface area contributed by atoms with Crippen molar-refractivity contribution in [2.45, 2.75) is 26.2 Å². The van der Waals surface area contributed by atoms with E-state index in [-0.39, 0.29) is 24.1 Å². The minimum Gasteiger partial charge on any atom is -0.338 e. The van der Waals surface area contributed by atoms with Crippen molar-refractivity contribution in [1.29, 1.82) is 0 Å². The van der Waals surface area contributed by atoms with E-state index in [0.717, 1.165) is 39.0 Å². The maximum absolute atomic E-state index is 12.4. The fourth-order valence-corrected chi connectivity index (χ4v) is 4.07. The van der Waals surface area contributed by atoms with E-state index >= 15 is 0 Å². The minimum atomic E-state index is 0. The highest BCUT2D eigenvalue weighted by Crippen LogP contribution is 2.37. The highest BCUT2D eigenvalue weighted by Gasteiger charge is 2.38. The van der Waals surface area contributed by atoms with Crippen LogP contribution in [0.25, 0.3) is 0 Å². The van der Waals surface area contributed by atoms with Crippen LogP contribution in [0.5, 0.6) is 0 Å². The van der Waals surface area contributed by atoms with Gasteiger partial charge in [-0.1, -0.05) is 0 Å². The van der Waals surface area contributed by atoms with Crippen LogP contribution < -0.4 is 5.32 Å². The number of carbonyl (C=O) groups excluding carboxylic acids is 2. The van der Waals surface area contributed by atoms with Crippen molar-refractivity contribution in [3.8, 4) is 0 Å². The second-order valence-electron chi connectivity index (χ2n) is 5.94. The molecular weight excluding hydrogens is 308 g/mol. The summed E-state index contributed by atoms with van der Waals surface area (Å²) in [7, 11) is 0. The lowest BCUT2D eigenvalue weighted by Crippen LogP contribution is -2.43. The Kier molecular flexibility index (Phi) is 5.07. The number of rotatable bonds is 2. The van der Waals surface area contributed by atoms with Crippen molar-refractivity contribution in [3.05, 3.63) is 21.9 Å². The third-order valence-corrected chi connectivity index (χ3v) is 5.78. The SMILES string of the molecule is CC(=O)c1ccc(C(=O)N2CCC3(CCNC3)CC2)s1.Cl. The zero-order valence-electron chi connectivity index (χ0n) is 12.2. The number of ketones is 1. The van der Waals surface area contributed by atoms with Crippen molar-refractivity contribution in [2.24, 2.45) is 5.41 Å². The Labute approximate surface area is 135 Å². The number of halogens is 1. The molecule has 2 saturated heterocycles. The standard InChI is InChI=1S/C15H20N2O2S.ClH/c1-11(18)12-2-3-13(20-12)14(19)17-8-5-15(6-9-17)4-7-16-10-15;/h2-3,16H,4-10H2,1H3;1H. The normalized spacial score (nSPS) is 20.3. The van der Waals surface area contributed by atoms with Gasteiger partial charge in [-0.3, -0.25) is 9.59 Å². The summed E-state index contributed by atoms with van der Waals surface area (Å²) in [5, 5.41) is 3.44. The number of hydrogen-bond acceptors (Lipinski definition) is 4. The lowest BCUT2D eigenvalue weighted by Gasteiger charge is -2.38. The van der Waals surface area contributed by atoms with E-state index in [1.165, 1.54) is 24.7 Å². The first kappa shape index (κ1) is 16.5. The largest absolute Gasteiger partial charge is 0.338 e. The molecule has 0 aliphatic carbocycles. The maximum atomic E-state index is 12.4. The van der Waals surface area contributed by atoms with E-state index in [9.17, 15) is 9.59 Å². The van der Waals surface area contributed by atoms with Crippen molar-refractivity contribution in [1.82, 2.24) is 10.2 Å². The summed E-state index contributed by atoms with van der Waals surface area (Å²) in [5.74, 6) is 0.118. The molecule has 4 nitrogen and oxygen atoms in total. The third kappa shape index (κ3) is 3.30. The fraction of sp³-hybridized carbons (Fsp3) is 0.600. The number of thiophene rings is 1. The van der Waals surface area contributed by atoms with Gasteiger partial charge in [0, 0.05) is 19.6 Å². The molecule has 3 heterocycles. The zero-order valence-corrected chi connectivity index (χ0v) is 13.8. The molecule has 3 rings (SSSR count). The fourth-order valence-electron chi connectivity index (χ4n) is 3.20.